The average molecular weight is 414 g/mol. The number of benzene rings is 1. The zero-order valence-corrected chi connectivity index (χ0v) is 17.9. The van der Waals surface area contributed by atoms with Gasteiger partial charge in [-0.15, -0.1) is 11.3 Å². The summed E-state index contributed by atoms with van der Waals surface area (Å²) in [6, 6.07) is 10.1. The van der Waals surface area contributed by atoms with Crippen molar-refractivity contribution in [3.05, 3.63) is 74.6 Å². The summed E-state index contributed by atoms with van der Waals surface area (Å²) in [6.45, 7) is 8.53. The van der Waals surface area contributed by atoms with Crippen LogP contribution >= 0.6 is 22.9 Å². The molecule has 3 rings (SSSR count). The van der Waals surface area contributed by atoms with Crippen LogP contribution in [-0.2, 0) is 11.3 Å². The summed E-state index contributed by atoms with van der Waals surface area (Å²) in [5.41, 5.74) is 5.59. The molecular weight excluding hydrogens is 390 g/mol. The van der Waals surface area contributed by atoms with Crippen LogP contribution in [0.2, 0.25) is 4.34 Å². The van der Waals surface area contributed by atoms with E-state index in [1.54, 1.807) is 6.92 Å². The van der Waals surface area contributed by atoms with E-state index in [-0.39, 0.29) is 11.8 Å². The largest absolute Gasteiger partial charge is 0.391 e. The van der Waals surface area contributed by atoms with Gasteiger partial charge >= 0.3 is 0 Å². The first-order valence-electron chi connectivity index (χ1n) is 9.10. The number of hydrogen-bond acceptors (Lipinski definition) is 4. The molecule has 0 aliphatic carbocycles. The number of carbonyl (C=O) groups excluding carboxylic acids is 1. The van der Waals surface area contributed by atoms with Crippen LogP contribution in [0.5, 0.6) is 0 Å². The number of halogens is 1. The molecule has 1 aromatic carbocycles. The summed E-state index contributed by atoms with van der Waals surface area (Å²) in [6.07, 6.45) is 1.36. The molecule has 0 saturated heterocycles. The first-order valence-corrected chi connectivity index (χ1v) is 10.3. The van der Waals surface area contributed by atoms with Gasteiger partial charge < -0.3 is 15.6 Å². The lowest BCUT2D eigenvalue weighted by atomic mass is 9.82. The zero-order chi connectivity index (χ0) is 20.4. The second-order valence-corrected chi connectivity index (χ2v) is 8.63. The van der Waals surface area contributed by atoms with Crippen molar-refractivity contribution in [2.45, 2.75) is 26.3 Å². The third-order valence-electron chi connectivity index (χ3n) is 5.14. The third kappa shape index (κ3) is 3.77. The molecule has 2 N–H and O–H groups in total. The second-order valence-electron chi connectivity index (χ2n) is 6.87. The van der Waals surface area contributed by atoms with Crippen LogP contribution in [0.15, 0.2) is 48.7 Å². The lowest BCUT2D eigenvalue weighted by Gasteiger charge is -2.34. The van der Waals surface area contributed by atoms with Crippen LogP contribution in [-0.4, -0.2) is 30.1 Å². The molecule has 1 atom stereocenters. The monoisotopic (exact) mass is 413 g/mol. The molecule has 0 bridgehead atoms. The summed E-state index contributed by atoms with van der Waals surface area (Å²) in [7, 11) is 1.86. The number of amides is 1. The Morgan fingerprint density at radius 1 is 1.36 bits per heavy atom. The molecule has 6 heteroatoms. The Balaban J connectivity index is 2.19. The van der Waals surface area contributed by atoms with Crippen molar-refractivity contribution in [3.8, 4) is 0 Å². The quantitative estimate of drug-likeness (QED) is 0.532. The molecule has 146 valence electrons. The predicted octanol–water partition coefficient (Wildman–Crippen LogP) is 5.05. The molecule has 0 saturated carbocycles. The molecule has 0 fully saturated rings. The van der Waals surface area contributed by atoms with E-state index in [2.05, 4.69) is 18.0 Å². The van der Waals surface area contributed by atoms with Gasteiger partial charge in [0.15, 0.2) is 0 Å². The van der Waals surface area contributed by atoms with Gasteiger partial charge in [0, 0.05) is 41.4 Å². The van der Waals surface area contributed by atoms with Crippen LogP contribution in [0, 0.1) is 5.41 Å². The van der Waals surface area contributed by atoms with Gasteiger partial charge in [-0.2, -0.15) is 0 Å². The number of nitrogens with one attached hydrogen (secondary N) is 2. The minimum absolute atomic E-state index is 0.00777. The molecular formula is C22H24ClN3OS. The molecule has 1 aromatic heterocycles. The van der Waals surface area contributed by atoms with Crippen LogP contribution in [0.1, 0.15) is 41.3 Å². The summed E-state index contributed by atoms with van der Waals surface area (Å²) in [5.74, 6) is -0.0883. The number of fused-ring (bicyclic) bond motifs is 1. The zero-order valence-electron chi connectivity index (χ0n) is 16.3. The fourth-order valence-corrected chi connectivity index (χ4v) is 5.14. The van der Waals surface area contributed by atoms with E-state index >= 15 is 0 Å². The van der Waals surface area contributed by atoms with Crippen molar-refractivity contribution in [1.29, 1.82) is 5.41 Å². The Labute approximate surface area is 175 Å². The minimum Gasteiger partial charge on any atom is -0.391 e. The lowest BCUT2D eigenvalue weighted by Crippen LogP contribution is -2.37. The van der Waals surface area contributed by atoms with E-state index in [4.69, 9.17) is 17.0 Å². The number of carbonyl (C=O) groups is 1. The lowest BCUT2D eigenvalue weighted by molar-refractivity contribution is -0.127. The fourth-order valence-electron chi connectivity index (χ4n) is 3.79. The maximum absolute atomic E-state index is 12.4. The van der Waals surface area contributed by atoms with Crippen molar-refractivity contribution in [1.82, 2.24) is 10.2 Å². The van der Waals surface area contributed by atoms with Gasteiger partial charge in [0.2, 0.25) is 5.91 Å². The Hall–Kier alpha value is -2.37. The molecule has 2 heterocycles. The molecule has 4 nitrogen and oxygen atoms in total. The summed E-state index contributed by atoms with van der Waals surface area (Å²) < 4.78 is 0.728. The number of thiophene rings is 1. The van der Waals surface area contributed by atoms with Gasteiger partial charge in [0.05, 0.1) is 10.9 Å². The average Bonchev–Trinajstić information content (AvgIpc) is 3.06. The van der Waals surface area contributed by atoms with E-state index in [0.29, 0.717) is 18.8 Å². The minimum atomic E-state index is -0.0805. The molecule has 2 aromatic rings. The first kappa shape index (κ1) is 20.4. The van der Waals surface area contributed by atoms with Gasteiger partial charge in [-0.1, -0.05) is 42.4 Å². The van der Waals surface area contributed by atoms with Crippen LogP contribution in [0.3, 0.4) is 0 Å². The van der Waals surface area contributed by atoms with Crippen LogP contribution in [0.4, 0.5) is 0 Å². The molecule has 1 aliphatic heterocycles. The van der Waals surface area contributed by atoms with Crippen molar-refractivity contribution < 1.29 is 4.79 Å². The number of hydrogen-bond donors (Lipinski definition) is 2. The molecule has 1 aliphatic rings. The number of allylic oxidation sites excluding steroid dienone is 2. The predicted molar refractivity (Wildman–Crippen MR) is 118 cm³/mol. The molecule has 28 heavy (non-hydrogen) atoms. The van der Waals surface area contributed by atoms with Crippen molar-refractivity contribution in [2.24, 2.45) is 0 Å². The first-order chi connectivity index (χ1) is 13.4. The standard InChI is InChI=1S/C22H24ClN3OS/c1-5-21(27)26-11-18(17-10-20(23)28-19(17)12-26)15-8-6-7-9-16(15)22(13(2)24)14(3)25-4/h5-10,18,24-25H,1,11-12H2,2-4H3/b22-14+,24-13?/t18-/m1/s1. The highest BCUT2D eigenvalue weighted by molar-refractivity contribution is 7.16. The van der Waals surface area contributed by atoms with Crippen LogP contribution < -0.4 is 5.32 Å². The van der Waals surface area contributed by atoms with Crippen molar-refractivity contribution in [3.63, 3.8) is 0 Å². The maximum Gasteiger partial charge on any atom is 0.246 e. The van der Waals surface area contributed by atoms with Crippen molar-refractivity contribution >= 4 is 40.1 Å². The summed E-state index contributed by atoms with van der Waals surface area (Å²) in [5, 5.41) is 11.5. The molecule has 0 spiro atoms. The Bertz CT molecular complexity index is 976. The van der Waals surface area contributed by atoms with E-state index in [9.17, 15) is 4.79 Å². The Morgan fingerprint density at radius 3 is 2.71 bits per heavy atom. The van der Waals surface area contributed by atoms with E-state index < -0.39 is 0 Å². The van der Waals surface area contributed by atoms with Gasteiger partial charge in [-0.25, -0.2) is 0 Å². The van der Waals surface area contributed by atoms with Gasteiger partial charge in [-0.05, 0) is 42.7 Å². The van der Waals surface area contributed by atoms with Gasteiger partial charge in [0.25, 0.3) is 0 Å². The Morgan fingerprint density at radius 2 is 2.07 bits per heavy atom. The van der Waals surface area contributed by atoms with E-state index in [0.717, 1.165) is 31.6 Å². The second kappa shape index (κ2) is 8.33. The highest BCUT2D eigenvalue weighted by Gasteiger charge is 2.32. The fraction of sp³-hybridized carbons (Fsp3) is 0.273. The highest BCUT2D eigenvalue weighted by atomic mass is 35.5. The number of nitrogens with zero attached hydrogens (tertiary/aromatic N) is 1. The van der Waals surface area contributed by atoms with Gasteiger partial charge in [0.1, 0.15) is 0 Å². The van der Waals surface area contributed by atoms with E-state index in [1.807, 2.05) is 43.1 Å². The SMILES string of the molecule is C=CC(=O)N1Cc2sc(Cl)cc2[C@@H](c2ccccc2/C(C(C)=N)=C(\C)NC)C1. The third-order valence-corrected chi connectivity index (χ3v) is 6.41. The van der Waals surface area contributed by atoms with Crippen LogP contribution in [0.25, 0.3) is 5.57 Å². The molecule has 0 unspecified atom stereocenters. The summed E-state index contributed by atoms with van der Waals surface area (Å²) >= 11 is 7.85. The highest BCUT2D eigenvalue weighted by Crippen LogP contribution is 2.42. The Kier molecular flexibility index (Phi) is 6.06. The molecule has 1 amide bonds. The maximum atomic E-state index is 12.4. The smallest absolute Gasteiger partial charge is 0.246 e. The van der Waals surface area contributed by atoms with Gasteiger partial charge in [-0.3, -0.25) is 4.79 Å². The van der Waals surface area contributed by atoms with E-state index in [1.165, 1.54) is 23.0 Å². The topological polar surface area (TPSA) is 56.2 Å². The van der Waals surface area contributed by atoms with Crippen molar-refractivity contribution in [2.75, 3.05) is 13.6 Å². The normalized spacial score (nSPS) is 16.9. The molecule has 0 radical (unpaired) electrons. The summed E-state index contributed by atoms with van der Waals surface area (Å²) in [4.78, 5) is 15.3. The number of rotatable bonds is 5.